The molecule has 0 aromatic heterocycles. The highest BCUT2D eigenvalue weighted by atomic mass is 15.1. The Morgan fingerprint density at radius 2 is 1.48 bits per heavy atom. The molecule has 2 aromatic carbocycles. The number of rotatable bonds is 8. The molecule has 0 radical (unpaired) electrons. The van der Waals surface area contributed by atoms with Crippen LogP contribution >= 0.6 is 0 Å². The van der Waals surface area contributed by atoms with Gasteiger partial charge in [-0.2, -0.15) is 0 Å². The summed E-state index contributed by atoms with van der Waals surface area (Å²) >= 11 is 0. The fourth-order valence-corrected chi connectivity index (χ4v) is 2.85. The lowest BCUT2D eigenvalue weighted by Crippen LogP contribution is -2.45. The molecule has 2 aromatic rings. The molecule has 0 aliphatic rings. The van der Waals surface area contributed by atoms with Crippen molar-refractivity contribution in [1.29, 1.82) is 0 Å². The van der Waals surface area contributed by atoms with Crippen molar-refractivity contribution in [1.82, 2.24) is 0 Å². The second kappa shape index (κ2) is 8.87. The van der Waals surface area contributed by atoms with Crippen molar-refractivity contribution in [2.45, 2.75) is 46.1 Å². The van der Waals surface area contributed by atoms with Crippen LogP contribution in [0.4, 0.5) is 5.69 Å². The predicted octanol–water partition coefficient (Wildman–Crippen LogP) is 4.98. The molecule has 134 valence electrons. The van der Waals surface area contributed by atoms with E-state index in [9.17, 15) is 0 Å². The minimum atomic E-state index is -0.221. The van der Waals surface area contributed by atoms with E-state index < -0.39 is 0 Å². The van der Waals surface area contributed by atoms with Gasteiger partial charge in [0.1, 0.15) is 0 Å². The third-order valence-corrected chi connectivity index (χ3v) is 4.16. The van der Waals surface area contributed by atoms with Gasteiger partial charge in [-0.05, 0) is 63.8 Å². The molecule has 0 aliphatic heterocycles. The molecular formula is C23H32N2. The van der Waals surface area contributed by atoms with Crippen molar-refractivity contribution in [3.8, 4) is 0 Å². The Kier molecular flexibility index (Phi) is 6.83. The van der Waals surface area contributed by atoms with Gasteiger partial charge in [-0.15, -0.1) is 0 Å². The average Bonchev–Trinajstić information content (AvgIpc) is 2.57. The molecule has 0 amide bonds. The minimum absolute atomic E-state index is 0.221. The van der Waals surface area contributed by atoms with E-state index in [0.29, 0.717) is 0 Å². The third kappa shape index (κ3) is 7.15. The summed E-state index contributed by atoms with van der Waals surface area (Å²) in [4.78, 5) is 2.36. The minimum Gasteiger partial charge on any atom is -0.366 e. The van der Waals surface area contributed by atoms with E-state index in [2.05, 4.69) is 93.3 Å². The highest BCUT2D eigenvalue weighted by Crippen LogP contribution is 2.19. The summed E-state index contributed by atoms with van der Waals surface area (Å²) < 4.78 is 0. The van der Waals surface area contributed by atoms with E-state index in [-0.39, 0.29) is 5.54 Å². The molecule has 0 saturated carbocycles. The largest absolute Gasteiger partial charge is 0.366 e. The summed E-state index contributed by atoms with van der Waals surface area (Å²) in [5.74, 6) is 0. The summed E-state index contributed by atoms with van der Waals surface area (Å²) in [5, 5.41) is 0. The van der Waals surface area contributed by atoms with Crippen LogP contribution in [-0.4, -0.2) is 18.6 Å². The number of allylic oxidation sites excluding steroid dienone is 1. The van der Waals surface area contributed by atoms with Crippen molar-refractivity contribution in [3.63, 3.8) is 0 Å². The Labute approximate surface area is 153 Å². The van der Waals surface area contributed by atoms with Crippen molar-refractivity contribution in [2.75, 3.05) is 18.0 Å². The summed E-state index contributed by atoms with van der Waals surface area (Å²) in [7, 11) is 0. The van der Waals surface area contributed by atoms with Gasteiger partial charge in [0, 0.05) is 24.3 Å². The lowest BCUT2D eigenvalue weighted by atomic mass is 10.0. The molecule has 0 unspecified atom stereocenters. The Balaban J connectivity index is 2.04. The van der Waals surface area contributed by atoms with Crippen LogP contribution in [0.15, 0.2) is 66.2 Å². The van der Waals surface area contributed by atoms with Gasteiger partial charge in [0.05, 0.1) is 0 Å². The van der Waals surface area contributed by atoms with Gasteiger partial charge >= 0.3 is 0 Å². The number of hydrogen-bond donors (Lipinski definition) is 1. The maximum Gasteiger partial charge on any atom is 0.0369 e. The van der Waals surface area contributed by atoms with Gasteiger partial charge in [0.2, 0.25) is 0 Å². The van der Waals surface area contributed by atoms with Crippen LogP contribution in [0.5, 0.6) is 0 Å². The predicted molar refractivity (Wildman–Crippen MR) is 110 cm³/mol. The van der Waals surface area contributed by atoms with Gasteiger partial charge in [-0.25, -0.2) is 0 Å². The quantitative estimate of drug-likeness (QED) is 0.689. The SMILES string of the molecule is CC(C)=CCN(CC(C)(C)N)c1ccc(CCc2ccccc2)cc1. The smallest absolute Gasteiger partial charge is 0.0369 e. The fraction of sp³-hybridized carbons (Fsp3) is 0.391. The van der Waals surface area contributed by atoms with Crippen LogP contribution in [0.1, 0.15) is 38.8 Å². The molecule has 0 spiro atoms. The van der Waals surface area contributed by atoms with Crippen LogP contribution < -0.4 is 10.6 Å². The fourth-order valence-electron chi connectivity index (χ4n) is 2.85. The Morgan fingerprint density at radius 1 is 0.920 bits per heavy atom. The maximum atomic E-state index is 6.26. The highest BCUT2D eigenvalue weighted by Gasteiger charge is 2.16. The number of hydrogen-bond acceptors (Lipinski definition) is 2. The number of benzene rings is 2. The first-order valence-corrected chi connectivity index (χ1v) is 9.13. The highest BCUT2D eigenvalue weighted by molar-refractivity contribution is 5.49. The number of anilines is 1. The van der Waals surface area contributed by atoms with E-state index in [1.807, 2.05) is 0 Å². The molecule has 2 heteroatoms. The zero-order valence-electron chi connectivity index (χ0n) is 16.1. The molecule has 0 atom stereocenters. The molecule has 0 bridgehead atoms. The van der Waals surface area contributed by atoms with Crippen LogP contribution in [0.2, 0.25) is 0 Å². The summed E-state index contributed by atoms with van der Waals surface area (Å²) in [6, 6.07) is 19.6. The lowest BCUT2D eigenvalue weighted by Gasteiger charge is -2.31. The molecule has 0 aliphatic carbocycles. The number of aryl methyl sites for hydroxylation is 2. The summed E-state index contributed by atoms with van der Waals surface area (Å²) in [6.45, 7) is 10.2. The topological polar surface area (TPSA) is 29.3 Å². The van der Waals surface area contributed by atoms with Crippen molar-refractivity contribution >= 4 is 5.69 Å². The normalized spacial score (nSPS) is 11.2. The van der Waals surface area contributed by atoms with Gasteiger partial charge in [-0.1, -0.05) is 54.1 Å². The average molecular weight is 337 g/mol. The Morgan fingerprint density at radius 3 is 2.00 bits per heavy atom. The number of nitrogens with zero attached hydrogens (tertiary/aromatic N) is 1. The van der Waals surface area contributed by atoms with Crippen LogP contribution in [0.3, 0.4) is 0 Å². The van der Waals surface area contributed by atoms with E-state index >= 15 is 0 Å². The summed E-state index contributed by atoms with van der Waals surface area (Å²) in [5.41, 5.74) is 11.4. The van der Waals surface area contributed by atoms with E-state index in [1.54, 1.807) is 0 Å². The maximum absolute atomic E-state index is 6.26. The van der Waals surface area contributed by atoms with Crippen LogP contribution in [0.25, 0.3) is 0 Å². The molecule has 0 saturated heterocycles. The second-order valence-corrected chi connectivity index (χ2v) is 7.80. The van der Waals surface area contributed by atoms with Crippen LogP contribution in [0, 0.1) is 0 Å². The molecule has 25 heavy (non-hydrogen) atoms. The van der Waals surface area contributed by atoms with Gasteiger partial charge in [0.25, 0.3) is 0 Å². The lowest BCUT2D eigenvalue weighted by molar-refractivity contribution is 0.512. The summed E-state index contributed by atoms with van der Waals surface area (Å²) in [6.07, 6.45) is 4.41. The van der Waals surface area contributed by atoms with Crippen LogP contribution in [-0.2, 0) is 12.8 Å². The monoisotopic (exact) mass is 336 g/mol. The molecule has 0 heterocycles. The Hall–Kier alpha value is -2.06. The first kappa shape index (κ1) is 19.3. The van der Waals surface area contributed by atoms with E-state index in [4.69, 9.17) is 5.73 Å². The molecular weight excluding hydrogens is 304 g/mol. The van der Waals surface area contributed by atoms with Crippen molar-refractivity contribution in [2.24, 2.45) is 5.73 Å². The Bertz CT molecular complexity index is 659. The third-order valence-electron chi connectivity index (χ3n) is 4.16. The van der Waals surface area contributed by atoms with Gasteiger partial charge in [-0.3, -0.25) is 0 Å². The van der Waals surface area contributed by atoms with Crippen molar-refractivity contribution < 1.29 is 0 Å². The zero-order chi connectivity index (χ0) is 18.3. The molecule has 2 nitrogen and oxygen atoms in total. The zero-order valence-corrected chi connectivity index (χ0v) is 16.1. The van der Waals surface area contributed by atoms with Gasteiger partial charge < -0.3 is 10.6 Å². The molecule has 2 N–H and O–H groups in total. The van der Waals surface area contributed by atoms with Crippen molar-refractivity contribution in [3.05, 3.63) is 77.4 Å². The van der Waals surface area contributed by atoms with E-state index in [0.717, 1.165) is 25.9 Å². The first-order chi connectivity index (χ1) is 11.8. The number of nitrogens with two attached hydrogens (primary N) is 1. The molecule has 0 fully saturated rings. The van der Waals surface area contributed by atoms with Gasteiger partial charge in [0.15, 0.2) is 0 Å². The standard InChI is InChI=1S/C23H32N2/c1-19(2)16-17-25(18-23(3,4)24)22-14-12-21(13-15-22)11-10-20-8-6-5-7-9-20/h5-9,12-16H,10-11,17-18,24H2,1-4H3. The second-order valence-electron chi connectivity index (χ2n) is 7.80. The molecule has 2 rings (SSSR count). The van der Waals surface area contributed by atoms with E-state index in [1.165, 1.54) is 22.4 Å². The first-order valence-electron chi connectivity index (χ1n) is 9.13.